The fraction of sp³-hybridized carbons (Fsp3) is 0.818. The quantitative estimate of drug-likeness (QED) is 0.712. The van der Waals surface area contributed by atoms with Crippen molar-refractivity contribution in [3.05, 3.63) is 0 Å². The van der Waals surface area contributed by atoms with E-state index in [0.29, 0.717) is 19.4 Å². The van der Waals surface area contributed by atoms with E-state index in [2.05, 4.69) is 0 Å². The molecule has 92 valence electrons. The summed E-state index contributed by atoms with van der Waals surface area (Å²) >= 11 is 0. The van der Waals surface area contributed by atoms with Crippen molar-refractivity contribution in [1.29, 1.82) is 0 Å². The van der Waals surface area contributed by atoms with Crippen LogP contribution in [0.5, 0.6) is 0 Å². The summed E-state index contributed by atoms with van der Waals surface area (Å²) in [5.41, 5.74) is 0. The first-order valence-electron chi connectivity index (χ1n) is 5.74. The van der Waals surface area contributed by atoms with Gasteiger partial charge in [-0.2, -0.15) is 0 Å². The van der Waals surface area contributed by atoms with E-state index in [1.165, 1.54) is 4.90 Å². The molecular weight excluding hydrogens is 210 g/mol. The van der Waals surface area contributed by atoms with E-state index in [0.717, 1.165) is 6.42 Å². The van der Waals surface area contributed by atoms with Crippen molar-refractivity contribution in [2.45, 2.75) is 26.2 Å². The number of rotatable bonds is 5. The lowest BCUT2D eigenvalue weighted by Crippen LogP contribution is -2.40. The number of aliphatic carboxylic acids is 1. The van der Waals surface area contributed by atoms with Crippen molar-refractivity contribution in [2.24, 2.45) is 11.8 Å². The fourth-order valence-corrected chi connectivity index (χ4v) is 2.33. The lowest BCUT2D eigenvalue weighted by atomic mass is 9.95. The average Bonchev–Trinajstić information content (AvgIpc) is 2.73. The smallest absolute Gasteiger partial charge is 0.307 e. The molecule has 0 aromatic heterocycles. The predicted molar refractivity (Wildman–Crippen MR) is 57.8 cm³/mol. The Morgan fingerprint density at radius 2 is 1.94 bits per heavy atom. The number of likely N-dealkylation sites (N-methyl/N-ethyl adjacent to an activating group) is 1. The highest BCUT2D eigenvalue weighted by Crippen LogP contribution is 2.33. The number of carboxylic acids is 1. The summed E-state index contributed by atoms with van der Waals surface area (Å²) in [7, 11) is 0. The van der Waals surface area contributed by atoms with Gasteiger partial charge < -0.3 is 15.1 Å². The van der Waals surface area contributed by atoms with E-state index in [1.807, 2.05) is 6.92 Å². The summed E-state index contributed by atoms with van der Waals surface area (Å²) in [6, 6.07) is 0. The zero-order valence-corrected chi connectivity index (χ0v) is 9.56. The molecule has 0 spiro atoms. The molecule has 0 heterocycles. The van der Waals surface area contributed by atoms with Crippen LogP contribution in [0.25, 0.3) is 0 Å². The molecule has 1 rings (SSSR count). The molecular formula is C11H19NO4. The maximum atomic E-state index is 12.0. The van der Waals surface area contributed by atoms with Gasteiger partial charge >= 0.3 is 5.97 Å². The molecule has 0 radical (unpaired) electrons. The molecule has 5 nitrogen and oxygen atoms in total. The van der Waals surface area contributed by atoms with Gasteiger partial charge in [-0.25, -0.2) is 0 Å². The zero-order valence-electron chi connectivity index (χ0n) is 9.56. The van der Waals surface area contributed by atoms with Crippen LogP contribution in [0.3, 0.4) is 0 Å². The second-order valence-electron chi connectivity index (χ2n) is 4.12. The predicted octanol–water partition coefficient (Wildman–Crippen LogP) is 0.328. The highest BCUT2D eigenvalue weighted by Gasteiger charge is 2.39. The van der Waals surface area contributed by atoms with Crippen molar-refractivity contribution < 1.29 is 19.8 Å². The van der Waals surface area contributed by atoms with Gasteiger partial charge in [0.2, 0.25) is 5.91 Å². The normalized spacial score (nSPS) is 24.4. The highest BCUT2D eigenvalue weighted by molar-refractivity contribution is 5.85. The summed E-state index contributed by atoms with van der Waals surface area (Å²) in [4.78, 5) is 24.5. The molecule has 2 atom stereocenters. The topological polar surface area (TPSA) is 77.8 Å². The van der Waals surface area contributed by atoms with Crippen LogP contribution in [0.1, 0.15) is 26.2 Å². The van der Waals surface area contributed by atoms with Gasteiger partial charge in [-0.05, 0) is 19.8 Å². The van der Waals surface area contributed by atoms with Gasteiger partial charge in [0.15, 0.2) is 0 Å². The number of amides is 1. The van der Waals surface area contributed by atoms with Crippen LogP contribution < -0.4 is 0 Å². The standard InChI is InChI=1S/C11H19NO4/c1-2-12(6-7-13)10(14)8-4-3-5-9(8)11(15)16/h8-9,13H,2-7H2,1H3,(H,15,16)/t8-,9+/m1/s1. The Labute approximate surface area is 95.1 Å². The van der Waals surface area contributed by atoms with Crippen molar-refractivity contribution in [3.8, 4) is 0 Å². The van der Waals surface area contributed by atoms with Crippen LogP contribution in [-0.2, 0) is 9.59 Å². The van der Waals surface area contributed by atoms with E-state index in [1.54, 1.807) is 0 Å². The van der Waals surface area contributed by atoms with E-state index in [-0.39, 0.29) is 19.1 Å². The van der Waals surface area contributed by atoms with Crippen molar-refractivity contribution >= 4 is 11.9 Å². The molecule has 1 amide bonds. The molecule has 0 saturated heterocycles. The minimum Gasteiger partial charge on any atom is -0.481 e. The number of carbonyl (C=O) groups is 2. The molecule has 1 aliphatic carbocycles. The van der Waals surface area contributed by atoms with Crippen molar-refractivity contribution in [1.82, 2.24) is 4.90 Å². The van der Waals surface area contributed by atoms with Crippen LogP contribution >= 0.6 is 0 Å². The molecule has 0 unspecified atom stereocenters. The molecule has 2 N–H and O–H groups in total. The molecule has 1 aliphatic rings. The maximum absolute atomic E-state index is 12.0. The first-order chi connectivity index (χ1) is 7.61. The molecule has 1 saturated carbocycles. The molecule has 16 heavy (non-hydrogen) atoms. The number of hydrogen-bond acceptors (Lipinski definition) is 3. The van der Waals surface area contributed by atoms with E-state index < -0.39 is 17.8 Å². The number of nitrogens with zero attached hydrogens (tertiary/aromatic N) is 1. The second-order valence-corrected chi connectivity index (χ2v) is 4.12. The third-order valence-electron chi connectivity index (χ3n) is 3.21. The molecule has 0 aromatic rings. The van der Waals surface area contributed by atoms with Crippen LogP contribution in [0, 0.1) is 11.8 Å². The van der Waals surface area contributed by atoms with Gasteiger partial charge in [0, 0.05) is 13.1 Å². The largest absolute Gasteiger partial charge is 0.481 e. The van der Waals surface area contributed by atoms with Crippen molar-refractivity contribution in [3.63, 3.8) is 0 Å². The number of aliphatic hydroxyl groups excluding tert-OH is 1. The van der Waals surface area contributed by atoms with Gasteiger partial charge in [-0.3, -0.25) is 9.59 Å². The third kappa shape index (κ3) is 2.72. The first kappa shape index (κ1) is 13.0. The Bertz CT molecular complexity index is 267. The van der Waals surface area contributed by atoms with Gasteiger partial charge in [0.25, 0.3) is 0 Å². The monoisotopic (exact) mass is 229 g/mol. The highest BCUT2D eigenvalue weighted by atomic mass is 16.4. The lowest BCUT2D eigenvalue weighted by Gasteiger charge is -2.25. The van der Waals surface area contributed by atoms with Crippen molar-refractivity contribution in [2.75, 3.05) is 19.7 Å². The third-order valence-corrected chi connectivity index (χ3v) is 3.21. The van der Waals surface area contributed by atoms with E-state index in [9.17, 15) is 9.59 Å². The Balaban J connectivity index is 2.67. The van der Waals surface area contributed by atoms with Gasteiger partial charge in [-0.1, -0.05) is 6.42 Å². The number of carbonyl (C=O) groups excluding carboxylic acids is 1. The van der Waals surface area contributed by atoms with Crippen LogP contribution in [0.2, 0.25) is 0 Å². The summed E-state index contributed by atoms with van der Waals surface area (Å²) in [6.45, 7) is 2.56. The van der Waals surface area contributed by atoms with Gasteiger partial charge in [-0.15, -0.1) is 0 Å². The fourth-order valence-electron chi connectivity index (χ4n) is 2.33. The Morgan fingerprint density at radius 3 is 2.44 bits per heavy atom. The molecule has 5 heteroatoms. The SMILES string of the molecule is CCN(CCO)C(=O)[C@@H]1CCC[C@@H]1C(=O)O. The van der Waals surface area contributed by atoms with E-state index in [4.69, 9.17) is 10.2 Å². The zero-order chi connectivity index (χ0) is 12.1. The van der Waals surface area contributed by atoms with Crippen LogP contribution in [0.15, 0.2) is 0 Å². The minimum absolute atomic E-state index is 0.0793. The first-order valence-corrected chi connectivity index (χ1v) is 5.74. The maximum Gasteiger partial charge on any atom is 0.307 e. The molecule has 0 bridgehead atoms. The Kier molecular flexibility index (Phi) is 4.73. The number of carboxylic acid groups (broad SMARTS) is 1. The van der Waals surface area contributed by atoms with E-state index >= 15 is 0 Å². The summed E-state index contributed by atoms with van der Waals surface area (Å²) in [5, 5.41) is 17.8. The second kappa shape index (κ2) is 5.84. The Hall–Kier alpha value is -1.10. The molecule has 1 fully saturated rings. The summed E-state index contributed by atoms with van der Waals surface area (Å²) < 4.78 is 0. The molecule has 0 aromatic carbocycles. The number of hydrogen-bond donors (Lipinski definition) is 2. The number of aliphatic hydroxyl groups is 1. The summed E-state index contributed by atoms with van der Waals surface area (Å²) in [5.74, 6) is -1.94. The lowest BCUT2D eigenvalue weighted by molar-refractivity contribution is -0.149. The van der Waals surface area contributed by atoms with Crippen LogP contribution in [-0.4, -0.2) is 46.7 Å². The average molecular weight is 229 g/mol. The summed E-state index contributed by atoms with van der Waals surface area (Å²) in [6.07, 6.45) is 2.03. The Morgan fingerprint density at radius 1 is 1.31 bits per heavy atom. The van der Waals surface area contributed by atoms with Gasteiger partial charge in [0.1, 0.15) is 0 Å². The van der Waals surface area contributed by atoms with Gasteiger partial charge in [0.05, 0.1) is 18.4 Å². The molecule has 0 aliphatic heterocycles. The minimum atomic E-state index is -0.879. The van der Waals surface area contributed by atoms with Crippen LogP contribution in [0.4, 0.5) is 0 Å².